The summed E-state index contributed by atoms with van der Waals surface area (Å²) in [6.07, 6.45) is 1.76. The molecule has 0 aliphatic carbocycles. The number of nitrogens with zero attached hydrogens (tertiary/aromatic N) is 2. The van der Waals surface area contributed by atoms with Gasteiger partial charge in [-0.05, 0) is 43.8 Å². The third kappa shape index (κ3) is 2.53. The van der Waals surface area contributed by atoms with E-state index in [0.29, 0.717) is 18.7 Å². The highest BCUT2D eigenvalue weighted by molar-refractivity contribution is 6.02. The minimum absolute atomic E-state index is 0.0398. The van der Waals surface area contributed by atoms with Crippen LogP contribution in [-0.4, -0.2) is 40.2 Å². The maximum atomic E-state index is 13.1. The third-order valence-electron chi connectivity index (χ3n) is 4.92. The first-order valence-electron chi connectivity index (χ1n) is 8.72. The van der Waals surface area contributed by atoms with Gasteiger partial charge < -0.3 is 29.7 Å². The van der Waals surface area contributed by atoms with Crippen LogP contribution in [0.15, 0.2) is 38.5 Å². The van der Waals surface area contributed by atoms with Crippen LogP contribution < -0.4 is 10.3 Å². The molecule has 2 aromatic carbocycles. The minimum Gasteiger partial charge on any atom is -0.508 e. The summed E-state index contributed by atoms with van der Waals surface area (Å²) in [5.41, 5.74) is -0.275. The first-order chi connectivity index (χ1) is 13.4. The van der Waals surface area contributed by atoms with Gasteiger partial charge in [0.05, 0.1) is 0 Å². The normalized spacial score (nSPS) is 13.9. The molecule has 1 aliphatic heterocycles. The maximum Gasteiger partial charge on any atom is 0.222 e. The molecule has 0 radical (unpaired) electrons. The van der Waals surface area contributed by atoms with Crippen LogP contribution in [0.1, 0.15) is 12.8 Å². The average Bonchev–Trinajstić information content (AvgIpc) is 3.21. The molecule has 4 rings (SSSR count). The molecule has 0 unspecified atom stereocenters. The van der Waals surface area contributed by atoms with E-state index in [1.54, 1.807) is 17.0 Å². The minimum atomic E-state index is -0.783. The van der Waals surface area contributed by atoms with Crippen molar-refractivity contribution < 1.29 is 24.8 Å². The van der Waals surface area contributed by atoms with Crippen LogP contribution in [0.2, 0.25) is 0 Å². The number of phenols is 4. The van der Waals surface area contributed by atoms with E-state index in [1.165, 1.54) is 12.1 Å². The monoisotopic (exact) mass is 382 g/mol. The highest BCUT2D eigenvalue weighted by atomic mass is 16.4. The lowest BCUT2D eigenvalue weighted by Gasteiger charge is -2.22. The number of rotatable bonds is 3. The van der Waals surface area contributed by atoms with Gasteiger partial charge in [-0.1, -0.05) is 0 Å². The summed E-state index contributed by atoms with van der Waals surface area (Å²) in [6.45, 7) is 4.62. The molecule has 1 saturated heterocycles. The molecular formula is C20H18N2O6. The molecule has 0 atom stereocenters. The van der Waals surface area contributed by atoms with Gasteiger partial charge in [0.1, 0.15) is 16.8 Å². The summed E-state index contributed by atoms with van der Waals surface area (Å²) in [5.74, 6) is -1.98. The fourth-order valence-electron chi connectivity index (χ4n) is 3.54. The van der Waals surface area contributed by atoms with E-state index >= 15 is 0 Å². The summed E-state index contributed by atoms with van der Waals surface area (Å²) in [7, 11) is 0. The fraction of sp³-hybridized carbons (Fsp3) is 0.200. The summed E-state index contributed by atoms with van der Waals surface area (Å²) >= 11 is 0. The van der Waals surface area contributed by atoms with Crippen molar-refractivity contribution in [1.82, 2.24) is 0 Å². The van der Waals surface area contributed by atoms with Crippen LogP contribution in [0.25, 0.3) is 22.3 Å². The van der Waals surface area contributed by atoms with Crippen molar-refractivity contribution in [1.29, 1.82) is 0 Å². The first kappa shape index (κ1) is 17.7. The number of hydrogen-bond donors (Lipinski definition) is 4. The molecule has 3 aromatic rings. The molecule has 144 valence electrons. The number of hydrogen-bond acceptors (Lipinski definition) is 8. The molecule has 0 saturated carbocycles. The van der Waals surface area contributed by atoms with Crippen molar-refractivity contribution in [3.8, 4) is 34.3 Å². The molecule has 4 N–H and O–H groups in total. The Bertz CT molecular complexity index is 1140. The van der Waals surface area contributed by atoms with Gasteiger partial charge in [0, 0.05) is 18.7 Å². The predicted octanol–water partition coefficient (Wildman–Crippen LogP) is 3.21. The molecule has 8 heteroatoms. The molecule has 8 nitrogen and oxygen atoms in total. The van der Waals surface area contributed by atoms with Crippen molar-refractivity contribution in [3.63, 3.8) is 0 Å². The van der Waals surface area contributed by atoms with Gasteiger partial charge in [-0.3, -0.25) is 9.79 Å². The van der Waals surface area contributed by atoms with Gasteiger partial charge in [0.25, 0.3) is 0 Å². The van der Waals surface area contributed by atoms with Crippen LogP contribution in [-0.2, 0) is 0 Å². The highest BCUT2D eigenvalue weighted by Crippen LogP contribution is 2.50. The number of fused-ring (bicyclic) bond motifs is 1. The van der Waals surface area contributed by atoms with E-state index in [9.17, 15) is 25.2 Å². The van der Waals surface area contributed by atoms with E-state index in [4.69, 9.17) is 4.42 Å². The highest BCUT2D eigenvalue weighted by Gasteiger charge is 2.30. The SMILES string of the molecule is C=Nc1c(-c2ccc(O)cc2)oc2c(N3CCCC3)c(O)c(O)c(O)c2c1=O. The Balaban J connectivity index is 2.14. The van der Waals surface area contributed by atoms with Crippen LogP contribution in [0.4, 0.5) is 11.4 Å². The van der Waals surface area contributed by atoms with Crippen LogP contribution in [0, 0.1) is 0 Å². The Morgan fingerprint density at radius 1 is 0.964 bits per heavy atom. The molecule has 2 heterocycles. The smallest absolute Gasteiger partial charge is 0.222 e. The van der Waals surface area contributed by atoms with Crippen molar-refractivity contribution >= 4 is 29.1 Å². The Morgan fingerprint density at radius 3 is 2.21 bits per heavy atom. The third-order valence-corrected chi connectivity index (χ3v) is 4.92. The summed E-state index contributed by atoms with van der Waals surface area (Å²) in [5, 5.41) is 40.2. The van der Waals surface area contributed by atoms with Gasteiger partial charge in [0.2, 0.25) is 11.2 Å². The van der Waals surface area contributed by atoms with Gasteiger partial charge in [-0.2, -0.15) is 0 Å². The zero-order valence-electron chi connectivity index (χ0n) is 14.8. The van der Waals surface area contributed by atoms with Crippen LogP contribution >= 0.6 is 0 Å². The van der Waals surface area contributed by atoms with Crippen molar-refractivity contribution in [2.75, 3.05) is 18.0 Å². The number of benzene rings is 2. The molecule has 1 fully saturated rings. The quantitative estimate of drug-likeness (QED) is 0.405. The molecule has 0 spiro atoms. The Hall–Kier alpha value is -3.68. The number of anilines is 1. The van der Waals surface area contributed by atoms with E-state index < -0.39 is 22.7 Å². The van der Waals surface area contributed by atoms with Crippen LogP contribution in [0.3, 0.4) is 0 Å². The van der Waals surface area contributed by atoms with Crippen LogP contribution in [0.5, 0.6) is 23.0 Å². The van der Waals surface area contributed by atoms with Crippen molar-refractivity contribution in [3.05, 3.63) is 34.5 Å². The summed E-state index contributed by atoms with van der Waals surface area (Å²) in [6, 6.07) is 5.95. The van der Waals surface area contributed by atoms with Crippen molar-refractivity contribution in [2.24, 2.45) is 4.99 Å². The lowest BCUT2D eigenvalue weighted by Crippen LogP contribution is -2.19. The van der Waals surface area contributed by atoms with Gasteiger partial charge in [-0.15, -0.1) is 0 Å². The Kier molecular flexibility index (Phi) is 4.11. The van der Waals surface area contributed by atoms with E-state index in [1.807, 2.05) is 0 Å². The van der Waals surface area contributed by atoms with Gasteiger partial charge in [0.15, 0.2) is 28.5 Å². The second-order valence-electron chi connectivity index (χ2n) is 6.61. The second kappa shape index (κ2) is 6.49. The van der Waals surface area contributed by atoms with Gasteiger partial charge in [-0.25, -0.2) is 0 Å². The first-order valence-corrected chi connectivity index (χ1v) is 8.72. The van der Waals surface area contributed by atoms with E-state index in [2.05, 4.69) is 11.7 Å². The topological polar surface area (TPSA) is 127 Å². The van der Waals surface area contributed by atoms with E-state index in [0.717, 1.165) is 12.8 Å². The average molecular weight is 382 g/mol. The van der Waals surface area contributed by atoms with Gasteiger partial charge >= 0.3 is 0 Å². The summed E-state index contributed by atoms with van der Waals surface area (Å²) < 4.78 is 5.96. The fourth-order valence-corrected chi connectivity index (χ4v) is 3.54. The molecule has 0 bridgehead atoms. The molecule has 1 aromatic heterocycles. The largest absolute Gasteiger partial charge is 0.508 e. The summed E-state index contributed by atoms with van der Waals surface area (Å²) in [4.78, 5) is 18.6. The number of phenolic OH excluding ortho intramolecular Hbond substituents is 4. The molecule has 28 heavy (non-hydrogen) atoms. The Morgan fingerprint density at radius 2 is 1.61 bits per heavy atom. The predicted molar refractivity (Wildman–Crippen MR) is 105 cm³/mol. The number of aromatic hydroxyl groups is 4. The molecular weight excluding hydrogens is 364 g/mol. The molecule has 0 amide bonds. The lowest BCUT2D eigenvalue weighted by molar-refractivity contribution is 0.370. The van der Waals surface area contributed by atoms with Crippen molar-refractivity contribution in [2.45, 2.75) is 12.8 Å². The zero-order valence-corrected chi connectivity index (χ0v) is 14.8. The standard InChI is InChI=1S/C20H18N2O6/c1-21-13-15(24)12-16(25)18(27)17(26)14(22-8-2-3-9-22)20(12)28-19(13)10-4-6-11(23)7-5-10/h4-7,23,25-27H,1-3,8-9H2. The van der Waals surface area contributed by atoms with E-state index in [-0.39, 0.29) is 33.9 Å². The second-order valence-corrected chi connectivity index (χ2v) is 6.61. The Labute approximate surface area is 159 Å². The zero-order chi connectivity index (χ0) is 20.0. The molecule has 1 aliphatic rings. The number of aliphatic imine (C=N–C) groups is 1. The maximum absolute atomic E-state index is 13.1. The lowest BCUT2D eigenvalue weighted by atomic mass is 10.1.